The van der Waals surface area contributed by atoms with Gasteiger partial charge in [0.1, 0.15) is 46.5 Å². The Morgan fingerprint density at radius 3 is 2.19 bits per heavy atom. The molecule has 1 fully saturated rings. The quantitative estimate of drug-likeness (QED) is 0.104. The number of rotatable bonds is 10. The van der Waals surface area contributed by atoms with E-state index in [4.69, 9.17) is 50.4 Å². The minimum Gasteiger partial charge on any atom is -0.394 e. The van der Waals surface area contributed by atoms with Crippen LogP contribution in [0.4, 0.5) is 38.0 Å². The largest absolute Gasteiger partial charge is 0.476 e. The number of nitrogens with zero attached hydrogens (tertiary/aromatic N) is 5. The summed E-state index contributed by atoms with van der Waals surface area (Å²) in [6, 6.07) is 0.457. The van der Waals surface area contributed by atoms with Crippen LogP contribution in [-0.4, -0.2) is 113 Å². The summed E-state index contributed by atoms with van der Waals surface area (Å²) in [5, 5.41) is 48.5. The number of amides is 3. The smallest absolute Gasteiger partial charge is 0.394 e. The van der Waals surface area contributed by atoms with Crippen LogP contribution in [0.15, 0.2) is 34.1 Å². The molecule has 4 rings (SSSR count). The van der Waals surface area contributed by atoms with Gasteiger partial charge in [-0.2, -0.15) is 41.7 Å². The van der Waals surface area contributed by atoms with Crippen LogP contribution in [0, 0.1) is 11.3 Å². The Morgan fingerprint density at radius 1 is 1.12 bits per heavy atom. The molecule has 1 aliphatic heterocycles. The Balaban J connectivity index is 0.000000310. The van der Waals surface area contributed by atoms with Gasteiger partial charge in [-0.3, -0.25) is 19.0 Å². The molecule has 2 aromatic heterocycles. The molecule has 3 heterocycles. The number of anilines is 2. The molecule has 20 nitrogen and oxygen atoms in total. The molecule has 1 aliphatic rings. The number of ether oxygens (including phenoxy) is 1. The summed E-state index contributed by atoms with van der Waals surface area (Å²) < 4.78 is 94.6. The lowest BCUT2D eigenvalue weighted by Crippen LogP contribution is -2.67. The van der Waals surface area contributed by atoms with Crippen LogP contribution in [0.1, 0.15) is 17.5 Å². The van der Waals surface area contributed by atoms with Crippen molar-refractivity contribution in [3.63, 3.8) is 0 Å². The highest BCUT2D eigenvalue weighted by Gasteiger charge is 2.49. The molecule has 312 valence electrons. The lowest BCUT2D eigenvalue weighted by atomic mass is 9.94. The Morgan fingerprint density at radius 2 is 1.72 bits per heavy atom. The Labute approximate surface area is 326 Å². The lowest BCUT2D eigenvalue weighted by Gasteiger charge is -2.42. The van der Waals surface area contributed by atoms with Crippen molar-refractivity contribution in [2.75, 3.05) is 31.7 Å². The van der Waals surface area contributed by atoms with Crippen molar-refractivity contribution in [3.05, 3.63) is 56.2 Å². The zero-order chi connectivity index (χ0) is 43.3. The summed E-state index contributed by atoms with van der Waals surface area (Å²) in [5.74, 6) is -3.68. The van der Waals surface area contributed by atoms with Crippen LogP contribution < -0.4 is 38.8 Å². The van der Waals surface area contributed by atoms with Gasteiger partial charge in [-0.1, -0.05) is 23.2 Å². The van der Waals surface area contributed by atoms with Gasteiger partial charge in [0.25, 0.3) is 0 Å². The number of carbonyl (C=O) groups excluding carboxylic acids is 3. The molecular weight excluding hydrogens is 851 g/mol. The van der Waals surface area contributed by atoms with Crippen LogP contribution in [0.3, 0.4) is 0 Å². The van der Waals surface area contributed by atoms with E-state index in [2.05, 4.69) is 26.0 Å². The number of alkyl halides is 6. The number of likely N-dealkylation sites (N-methyl/N-ethyl adjacent to an activating group) is 1. The number of primary amides is 1. The van der Waals surface area contributed by atoms with Crippen molar-refractivity contribution >= 4 is 63.4 Å². The Kier molecular flexibility index (Phi) is 15.0. The first-order valence-electron chi connectivity index (χ1n) is 15.2. The Hall–Kier alpha value is -5.08. The molecule has 12 N–H and O–H groups in total. The number of nitrogen functional groups attached to an aromatic ring is 2. The number of nitrogens with one attached hydrogen (secondary N) is 3. The summed E-state index contributed by atoms with van der Waals surface area (Å²) in [6.45, 7) is -0.919. The predicted octanol–water partition coefficient (Wildman–Crippen LogP) is -1.61. The third-order valence-corrected chi connectivity index (χ3v) is 9.21. The third kappa shape index (κ3) is 10.7. The average molecular weight is 881 g/mol. The van der Waals surface area contributed by atoms with Gasteiger partial charge in [-0.05, 0) is 25.2 Å². The Bertz CT molecular complexity index is 2110. The van der Waals surface area contributed by atoms with Crippen molar-refractivity contribution in [2.45, 2.75) is 53.2 Å². The molecule has 0 radical (unpaired) electrons. The second-order valence-corrected chi connectivity index (χ2v) is 13.6. The van der Waals surface area contributed by atoms with Crippen LogP contribution >= 0.6 is 23.2 Å². The van der Waals surface area contributed by atoms with Crippen LogP contribution in [0.25, 0.3) is 5.69 Å². The first kappa shape index (κ1) is 46.3. The lowest BCUT2D eigenvalue weighted by molar-refractivity contribution is -0.212. The number of aromatic nitrogens is 4. The normalized spacial score (nSPS) is 20.6. The molecule has 1 saturated heterocycles. The minimum atomic E-state index is -5.25. The first-order valence-corrected chi connectivity index (χ1v) is 17.1. The van der Waals surface area contributed by atoms with E-state index in [1.54, 1.807) is 0 Å². The van der Waals surface area contributed by atoms with Crippen molar-refractivity contribution < 1.29 is 65.0 Å². The topological polar surface area (TPSA) is 329 Å². The highest BCUT2D eigenvalue weighted by Crippen LogP contribution is 2.40. The summed E-state index contributed by atoms with van der Waals surface area (Å²) in [5.41, 5.74) is 7.38. The van der Waals surface area contributed by atoms with Gasteiger partial charge in [0.2, 0.25) is 17.7 Å². The molecule has 1 unspecified atom stereocenters. The zero-order valence-electron chi connectivity index (χ0n) is 28.4. The highest BCUT2D eigenvalue weighted by atomic mass is 35.5. The fraction of sp³-hybridized carbons (Fsp3) is 0.393. The van der Waals surface area contributed by atoms with Gasteiger partial charge >= 0.3 is 17.4 Å². The number of carbonyl (C=O) groups is 3. The van der Waals surface area contributed by atoms with E-state index in [-0.39, 0.29) is 12.4 Å². The molecular formula is C28H29Cl2F6N11O9S. The number of nitrogens with two attached hydrogens (primary N) is 3. The second kappa shape index (κ2) is 18.5. The van der Waals surface area contributed by atoms with Gasteiger partial charge in [0.05, 0.1) is 34.8 Å². The second-order valence-electron chi connectivity index (χ2n) is 11.3. The van der Waals surface area contributed by atoms with E-state index in [9.17, 15) is 65.0 Å². The molecule has 0 bridgehead atoms. The summed E-state index contributed by atoms with van der Waals surface area (Å²) in [7, 11) is -2.20. The number of hydrogen-bond acceptors (Lipinski definition) is 15. The van der Waals surface area contributed by atoms with E-state index < -0.39 is 127 Å². The van der Waals surface area contributed by atoms with Gasteiger partial charge in [-0.25, -0.2) is 13.7 Å². The molecule has 3 amide bonds. The van der Waals surface area contributed by atoms with Gasteiger partial charge in [-0.15, -0.1) is 0 Å². The monoisotopic (exact) mass is 879 g/mol. The number of hydrogen-bond donors (Lipinski definition) is 9. The van der Waals surface area contributed by atoms with Crippen molar-refractivity contribution in [3.8, 4) is 11.8 Å². The summed E-state index contributed by atoms with van der Waals surface area (Å²) >= 11 is 11.5. The molecule has 7 atom stereocenters. The number of aliphatic hydroxyl groups excluding tert-OH is 3. The molecule has 29 heteroatoms. The average Bonchev–Trinajstić information content (AvgIpc) is 3.43. The highest BCUT2D eigenvalue weighted by molar-refractivity contribution is 7.86. The molecule has 0 aliphatic carbocycles. The number of halogens is 8. The van der Waals surface area contributed by atoms with Crippen molar-refractivity contribution in [2.24, 2.45) is 5.73 Å². The van der Waals surface area contributed by atoms with E-state index in [0.717, 1.165) is 10.8 Å². The van der Waals surface area contributed by atoms with Gasteiger partial charge < -0.3 is 53.2 Å². The molecule has 1 aromatic carbocycles. The SMILES string of the molecule is CNCC(=O)N[C@@H](CO)C(=O)N[C@H]1[C@H](O)[C@@H](O)[C@H](n2ccc(N)nc2=O)O[C@@H]1C(N)=O.N#Cc1nn(-c2c(Cl)cc(C(F)(F)F)cc2Cl)c(N)c1S(=O)C(F)(F)F. The third-order valence-electron chi connectivity index (χ3n) is 7.44. The van der Waals surface area contributed by atoms with E-state index in [1.165, 1.54) is 19.2 Å². The van der Waals surface area contributed by atoms with E-state index in [0.29, 0.717) is 16.8 Å². The number of nitriles is 1. The minimum absolute atomic E-state index is 0.0981. The van der Waals surface area contributed by atoms with E-state index >= 15 is 0 Å². The summed E-state index contributed by atoms with van der Waals surface area (Å²) in [6.07, 6.45) is -10.5. The predicted molar refractivity (Wildman–Crippen MR) is 183 cm³/mol. The van der Waals surface area contributed by atoms with Crippen LogP contribution in [0.2, 0.25) is 10.0 Å². The number of benzene rings is 1. The summed E-state index contributed by atoms with van der Waals surface area (Å²) in [4.78, 5) is 50.4. The molecule has 57 heavy (non-hydrogen) atoms. The molecule has 0 saturated carbocycles. The van der Waals surface area contributed by atoms with Crippen LogP contribution in [-0.2, 0) is 36.1 Å². The first-order chi connectivity index (χ1) is 26.4. The number of aliphatic hydroxyl groups is 3. The standard InChI is InChI=1S/C16H25N7O8.C12H4Cl2F6N4OS/c1-19-4-8(25)20-6(5-24)14(29)22-9-10(26)11(27)15(31-12(9)13(18)28)23-3-2-7(17)21-16(23)30;13-5-1-4(11(15,16)17)2-6(14)8(5)24-10(22)9(7(3-21)23-24)26(25)12(18,19)20/h2-3,6,9-12,15,19,24,26-27H,4-5H2,1H3,(H2,18,28)(H,20,25)(H,22,29)(H2,17,21,30);1-2H,22H2/t6-,9-,10-,11+,12-,15+;/m0./s1. The molecule has 0 spiro atoms. The fourth-order valence-corrected chi connectivity index (χ4v) is 6.30. The fourth-order valence-electron chi connectivity index (χ4n) is 4.89. The van der Waals surface area contributed by atoms with Crippen molar-refractivity contribution in [1.82, 2.24) is 35.3 Å². The van der Waals surface area contributed by atoms with Crippen molar-refractivity contribution in [1.29, 1.82) is 5.26 Å². The van der Waals surface area contributed by atoms with Gasteiger partial charge in [0.15, 0.2) is 28.8 Å². The maximum absolute atomic E-state index is 12.7. The van der Waals surface area contributed by atoms with E-state index in [1.807, 2.05) is 0 Å². The van der Waals surface area contributed by atoms with Crippen LogP contribution in [0.5, 0.6) is 0 Å². The van der Waals surface area contributed by atoms with Gasteiger partial charge in [0, 0.05) is 6.20 Å². The zero-order valence-corrected chi connectivity index (χ0v) is 30.7. The maximum atomic E-state index is 12.7. The molecule has 3 aromatic rings. The maximum Gasteiger partial charge on any atom is 0.476 e.